The number of carbonyl (C=O) groups is 1. The fourth-order valence-corrected chi connectivity index (χ4v) is 4.85. The summed E-state index contributed by atoms with van der Waals surface area (Å²) < 4.78 is 24.3. The molecule has 1 amide bonds. The lowest BCUT2D eigenvalue weighted by Crippen LogP contribution is -2.41. The highest BCUT2D eigenvalue weighted by atomic mass is 16.5. The number of carbonyl (C=O) groups excluding carboxylic acids is 1. The Morgan fingerprint density at radius 3 is 2.48 bits per heavy atom. The third kappa shape index (κ3) is 5.12. The van der Waals surface area contributed by atoms with Gasteiger partial charge in [-0.15, -0.1) is 0 Å². The molecule has 3 N–H and O–H groups in total. The van der Waals surface area contributed by atoms with Crippen LogP contribution in [0.4, 0.5) is 17.6 Å². The van der Waals surface area contributed by atoms with Gasteiger partial charge in [-0.25, -0.2) is 9.97 Å². The molecule has 2 aromatic carbocycles. The van der Waals surface area contributed by atoms with E-state index in [2.05, 4.69) is 10.3 Å². The zero-order valence-corrected chi connectivity index (χ0v) is 23.2. The van der Waals surface area contributed by atoms with Gasteiger partial charge in [-0.3, -0.25) is 4.79 Å². The van der Waals surface area contributed by atoms with Crippen LogP contribution in [0.2, 0.25) is 0 Å². The van der Waals surface area contributed by atoms with Crippen LogP contribution in [0, 0.1) is 0 Å². The number of hydrogen-bond acceptors (Lipinski definition) is 10. The smallest absolute Gasteiger partial charge is 0.240 e. The van der Waals surface area contributed by atoms with Gasteiger partial charge in [0, 0.05) is 24.1 Å². The average Bonchev–Trinajstić information content (AvgIpc) is 3.62. The number of fused-ring (bicyclic) bond motifs is 1. The third-order valence-corrected chi connectivity index (χ3v) is 6.66. The first-order valence-electron chi connectivity index (χ1n) is 13.0. The molecule has 12 heteroatoms. The van der Waals surface area contributed by atoms with E-state index in [1.807, 2.05) is 59.8 Å². The molecule has 0 bridgehead atoms. The van der Waals surface area contributed by atoms with Gasteiger partial charge in [0.25, 0.3) is 0 Å². The molecular weight excluding hydrogens is 514 g/mol. The highest BCUT2D eigenvalue weighted by molar-refractivity contribution is 5.95. The van der Waals surface area contributed by atoms with Gasteiger partial charge >= 0.3 is 0 Å². The van der Waals surface area contributed by atoms with E-state index in [1.165, 1.54) is 0 Å². The molecule has 210 valence electrons. The van der Waals surface area contributed by atoms with E-state index < -0.39 is 11.9 Å². The van der Waals surface area contributed by atoms with Crippen molar-refractivity contribution >= 4 is 34.4 Å². The summed E-state index contributed by atoms with van der Waals surface area (Å²) in [5, 5.41) is 4.09. The number of anilines is 3. The number of amides is 1. The van der Waals surface area contributed by atoms with E-state index in [9.17, 15) is 4.79 Å². The average molecular weight is 548 g/mol. The molecule has 2 aromatic heterocycles. The number of para-hydroxylation sites is 1. The fourth-order valence-electron chi connectivity index (χ4n) is 4.85. The van der Waals surface area contributed by atoms with E-state index in [-0.39, 0.29) is 6.10 Å². The van der Waals surface area contributed by atoms with Crippen molar-refractivity contribution < 1.29 is 23.7 Å². The summed E-state index contributed by atoms with van der Waals surface area (Å²) in [5.74, 6) is 3.26. The number of imidazole rings is 1. The number of benzene rings is 2. The molecule has 5 rings (SSSR count). The maximum Gasteiger partial charge on any atom is 0.240 e. The number of rotatable bonds is 10. The lowest BCUT2D eigenvalue weighted by Gasteiger charge is -2.23. The number of nitrogens with one attached hydrogen (secondary N) is 1. The van der Waals surface area contributed by atoms with E-state index >= 15 is 0 Å². The second-order valence-corrected chi connectivity index (χ2v) is 9.62. The molecule has 0 radical (unpaired) electrons. The molecule has 0 spiro atoms. The molecule has 1 saturated heterocycles. The number of ether oxygens (including phenoxy) is 4. The minimum Gasteiger partial charge on any atom is -0.493 e. The molecule has 1 aliphatic rings. The Bertz CT molecular complexity index is 1510. The zero-order valence-electron chi connectivity index (χ0n) is 23.2. The first-order chi connectivity index (χ1) is 19.3. The van der Waals surface area contributed by atoms with E-state index in [4.69, 9.17) is 34.6 Å². The van der Waals surface area contributed by atoms with Gasteiger partial charge in [0.1, 0.15) is 35.3 Å². The Hall–Kier alpha value is -4.74. The number of primary amides is 1. The lowest BCUT2D eigenvalue weighted by molar-refractivity contribution is -0.119. The molecule has 4 aromatic rings. The number of methoxy groups -OCH3 is 3. The predicted octanol–water partition coefficient (Wildman–Crippen LogP) is 3.83. The lowest BCUT2D eigenvalue weighted by atomic mass is 10.2. The minimum absolute atomic E-state index is 0.0558. The van der Waals surface area contributed by atoms with Crippen molar-refractivity contribution in [3.05, 3.63) is 42.9 Å². The molecule has 0 saturated carbocycles. The first kappa shape index (κ1) is 26.9. The van der Waals surface area contributed by atoms with Crippen molar-refractivity contribution in [3.63, 3.8) is 0 Å². The number of nitrogens with zero attached hydrogens (tertiary/aromatic N) is 5. The van der Waals surface area contributed by atoms with Crippen molar-refractivity contribution in [1.29, 1.82) is 0 Å². The van der Waals surface area contributed by atoms with Crippen LogP contribution in [0.15, 0.2) is 42.9 Å². The van der Waals surface area contributed by atoms with Crippen LogP contribution in [0.25, 0.3) is 16.6 Å². The maximum atomic E-state index is 12.2. The Labute approximate surface area is 232 Å². The van der Waals surface area contributed by atoms with Crippen molar-refractivity contribution in [2.75, 3.05) is 38.1 Å². The van der Waals surface area contributed by atoms with Crippen LogP contribution in [0.5, 0.6) is 23.0 Å². The summed E-state index contributed by atoms with van der Waals surface area (Å²) in [6.07, 6.45) is 4.92. The van der Waals surface area contributed by atoms with Crippen LogP contribution in [0.1, 0.15) is 26.7 Å². The van der Waals surface area contributed by atoms with Gasteiger partial charge in [0.05, 0.1) is 39.3 Å². The quantitative estimate of drug-likeness (QED) is 0.301. The van der Waals surface area contributed by atoms with Crippen molar-refractivity contribution in [2.24, 2.45) is 5.73 Å². The fraction of sp³-hybridized carbons (Fsp3) is 0.357. The SMILES string of the molecule is COc1cc(-n2cnc(Nc3nc(N4CCCC4C(N)=O)nc4c(OC(C)C)cccc34)c2)cc(OC)c1OC. The second kappa shape index (κ2) is 11.2. The van der Waals surface area contributed by atoms with E-state index in [0.29, 0.717) is 59.1 Å². The van der Waals surface area contributed by atoms with Crippen molar-refractivity contribution in [1.82, 2.24) is 19.5 Å². The Morgan fingerprint density at radius 1 is 1.07 bits per heavy atom. The first-order valence-corrected chi connectivity index (χ1v) is 13.0. The van der Waals surface area contributed by atoms with E-state index in [1.54, 1.807) is 27.7 Å². The van der Waals surface area contributed by atoms with Gasteiger partial charge in [-0.2, -0.15) is 4.98 Å². The highest BCUT2D eigenvalue weighted by Crippen LogP contribution is 2.40. The Morgan fingerprint density at radius 2 is 1.82 bits per heavy atom. The second-order valence-electron chi connectivity index (χ2n) is 9.62. The topological polar surface area (TPSA) is 139 Å². The Kier molecular flexibility index (Phi) is 7.50. The minimum atomic E-state index is -0.470. The van der Waals surface area contributed by atoms with E-state index in [0.717, 1.165) is 17.5 Å². The number of hydrogen-bond donors (Lipinski definition) is 2. The number of aromatic nitrogens is 4. The van der Waals surface area contributed by atoms with Gasteiger partial charge in [-0.05, 0) is 38.8 Å². The summed E-state index contributed by atoms with van der Waals surface area (Å²) in [7, 11) is 4.70. The molecule has 40 heavy (non-hydrogen) atoms. The number of nitrogens with two attached hydrogens (primary N) is 1. The Balaban J connectivity index is 1.56. The predicted molar refractivity (Wildman–Crippen MR) is 151 cm³/mol. The summed E-state index contributed by atoms with van der Waals surface area (Å²) in [6.45, 7) is 4.54. The molecule has 12 nitrogen and oxygen atoms in total. The highest BCUT2D eigenvalue weighted by Gasteiger charge is 2.32. The molecule has 1 atom stereocenters. The van der Waals surface area contributed by atoms with Crippen LogP contribution < -0.4 is 34.9 Å². The largest absolute Gasteiger partial charge is 0.493 e. The van der Waals surface area contributed by atoms with Crippen LogP contribution >= 0.6 is 0 Å². The molecule has 1 unspecified atom stereocenters. The molecule has 1 aliphatic heterocycles. The summed E-state index contributed by atoms with van der Waals surface area (Å²) in [5.41, 5.74) is 7.09. The molecular formula is C28H33N7O5. The van der Waals surface area contributed by atoms with Gasteiger partial charge in [0.15, 0.2) is 11.5 Å². The molecule has 1 fully saturated rings. The van der Waals surface area contributed by atoms with Gasteiger partial charge < -0.3 is 39.5 Å². The van der Waals surface area contributed by atoms with Gasteiger partial charge in [-0.1, -0.05) is 6.07 Å². The summed E-state index contributed by atoms with van der Waals surface area (Å²) >= 11 is 0. The summed E-state index contributed by atoms with van der Waals surface area (Å²) in [6, 6.07) is 8.88. The van der Waals surface area contributed by atoms with Crippen molar-refractivity contribution in [3.8, 4) is 28.7 Å². The third-order valence-electron chi connectivity index (χ3n) is 6.66. The summed E-state index contributed by atoms with van der Waals surface area (Å²) in [4.78, 5) is 28.2. The standard InChI is InChI=1S/C28H33N7O5/c1-16(2)40-20-10-6-8-18-24(20)32-28(35-11-7-9-19(35)26(29)36)33-27(18)31-23-14-34(15-30-23)17-12-21(37-3)25(39-5)22(13-17)38-4/h6,8,10,12-16,19H,7,9,11H2,1-5H3,(H2,29,36)(H,31,32,33). The van der Waals surface area contributed by atoms with Crippen LogP contribution in [0.3, 0.4) is 0 Å². The van der Waals surface area contributed by atoms with Crippen molar-refractivity contribution in [2.45, 2.75) is 38.8 Å². The normalized spacial score (nSPS) is 14.9. The zero-order chi connectivity index (χ0) is 28.4. The maximum absolute atomic E-state index is 12.2. The monoisotopic (exact) mass is 547 g/mol. The molecule has 3 heterocycles. The van der Waals surface area contributed by atoms with Crippen LogP contribution in [-0.4, -0.2) is 65.4 Å². The molecule has 0 aliphatic carbocycles. The van der Waals surface area contributed by atoms with Gasteiger partial charge in [0.2, 0.25) is 17.6 Å². The van der Waals surface area contributed by atoms with Crippen LogP contribution in [-0.2, 0) is 4.79 Å².